The lowest BCUT2D eigenvalue weighted by Crippen LogP contribution is -2.35. The highest BCUT2D eigenvalue weighted by Crippen LogP contribution is 2.18. The predicted molar refractivity (Wildman–Crippen MR) is 74.8 cm³/mol. The number of nitrogens with zero attached hydrogens (tertiary/aromatic N) is 1. The van der Waals surface area contributed by atoms with Crippen molar-refractivity contribution in [1.29, 1.82) is 0 Å². The number of anilines is 1. The average Bonchev–Trinajstić information content (AvgIpc) is 2.35. The van der Waals surface area contributed by atoms with Gasteiger partial charge < -0.3 is 5.43 Å². The van der Waals surface area contributed by atoms with E-state index in [9.17, 15) is 8.42 Å². The molecule has 102 valence electrons. The normalized spacial score (nSPS) is 13.3. The van der Waals surface area contributed by atoms with E-state index in [0.29, 0.717) is 5.69 Å². The average molecular weight is 290 g/mol. The van der Waals surface area contributed by atoms with E-state index in [-0.39, 0.29) is 10.9 Å². The first kappa shape index (κ1) is 15.2. The number of hydrogen-bond acceptors (Lipinski definition) is 6. The Morgan fingerprint density at radius 3 is 2.89 bits per heavy atom. The first-order valence-corrected chi connectivity index (χ1v) is 8.15. The van der Waals surface area contributed by atoms with E-state index in [1.54, 1.807) is 11.8 Å². The molecule has 1 aromatic rings. The van der Waals surface area contributed by atoms with E-state index in [1.807, 2.05) is 13.8 Å². The van der Waals surface area contributed by atoms with Crippen molar-refractivity contribution >= 4 is 27.5 Å². The second kappa shape index (κ2) is 6.93. The molecule has 1 aromatic heterocycles. The Balaban J connectivity index is 2.86. The smallest absolute Gasteiger partial charge is 0.244 e. The minimum Gasteiger partial charge on any atom is -0.323 e. The number of thioether (sulfide) groups is 1. The number of hydrogen-bond donors (Lipinski definition) is 3. The van der Waals surface area contributed by atoms with Gasteiger partial charge in [-0.1, -0.05) is 6.92 Å². The van der Waals surface area contributed by atoms with E-state index < -0.39 is 10.0 Å². The van der Waals surface area contributed by atoms with Crippen LogP contribution in [0.5, 0.6) is 0 Å². The molecule has 0 aliphatic rings. The lowest BCUT2D eigenvalue weighted by molar-refractivity contribution is 0.571. The van der Waals surface area contributed by atoms with Crippen molar-refractivity contribution in [1.82, 2.24) is 9.71 Å². The molecular weight excluding hydrogens is 272 g/mol. The third-order valence-corrected chi connectivity index (χ3v) is 4.92. The Bertz CT molecular complexity index is 479. The van der Waals surface area contributed by atoms with Gasteiger partial charge in [0, 0.05) is 24.2 Å². The van der Waals surface area contributed by atoms with Gasteiger partial charge in [-0.2, -0.15) is 11.8 Å². The lowest BCUT2D eigenvalue weighted by Gasteiger charge is -2.15. The quantitative estimate of drug-likeness (QED) is 0.507. The molecule has 4 N–H and O–H groups in total. The fraction of sp³-hybridized carbons (Fsp3) is 0.500. The van der Waals surface area contributed by atoms with Gasteiger partial charge in [-0.25, -0.2) is 13.1 Å². The molecular formula is C10H18N4O2S2. The molecule has 6 nitrogen and oxygen atoms in total. The maximum atomic E-state index is 12.1. The second-order valence-electron chi connectivity index (χ2n) is 3.70. The van der Waals surface area contributed by atoms with Crippen LogP contribution in [0.1, 0.15) is 13.8 Å². The van der Waals surface area contributed by atoms with E-state index >= 15 is 0 Å². The highest BCUT2D eigenvalue weighted by Gasteiger charge is 2.20. The summed E-state index contributed by atoms with van der Waals surface area (Å²) in [5, 5.41) is 0. The van der Waals surface area contributed by atoms with Crippen molar-refractivity contribution in [3.8, 4) is 0 Å². The van der Waals surface area contributed by atoms with Crippen LogP contribution in [0.25, 0.3) is 0 Å². The number of nitrogen functional groups attached to an aromatic ring is 1. The molecule has 0 spiro atoms. The number of aromatic nitrogens is 1. The summed E-state index contributed by atoms with van der Waals surface area (Å²) in [7, 11) is -3.60. The number of pyridine rings is 1. The molecule has 0 aliphatic heterocycles. The molecule has 0 aromatic carbocycles. The Hall–Kier alpha value is -0.830. The molecule has 0 aliphatic carbocycles. The SMILES string of the molecule is CCSCC(C)NS(=O)(=O)c1cnccc1NN. The van der Waals surface area contributed by atoms with Gasteiger partial charge in [0.15, 0.2) is 0 Å². The van der Waals surface area contributed by atoms with Crippen LogP contribution in [-0.4, -0.2) is 30.9 Å². The largest absolute Gasteiger partial charge is 0.323 e. The number of rotatable bonds is 7. The van der Waals surface area contributed by atoms with Gasteiger partial charge in [-0.3, -0.25) is 10.8 Å². The molecule has 0 amide bonds. The molecule has 0 radical (unpaired) electrons. The summed E-state index contributed by atoms with van der Waals surface area (Å²) in [5.41, 5.74) is 2.68. The Morgan fingerprint density at radius 1 is 1.56 bits per heavy atom. The Morgan fingerprint density at radius 2 is 2.28 bits per heavy atom. The molecule has 8 heteroatoms. The summed E-state index contributed by atoms with van der Waals surface area (Å²) in [6.45, 7) is 3.86. The Labute approximate surface area is 112 Å². The predicted octanol–water partition coefficient (Wildman–Crippen LogP) is 0.787. The highest BCUT2D eigenvalue weighted by molar-refractivity contribution is 7.99. The summed E-state index contributed by atoms with van der Waals surface area (Å²) in [6.07, 6.45) is 2.75. The number of nitrogens with two attached hydrogens (primary N) is 1. The van der Waals surface area contributed by atoms with Crippen LogP contribution in [0.4, 0.5) is 5.69 Å². The number of sulfonamides is 1. The first-order valence-electron chi connectivity index (χ1n) is 5.52. The van der Waals surface area contributed by atoms with Crippen molar-refractivity contribution in [2.24, 2.45) is 5.84 Å². The van der Waals surface area contributed by atoms with Gasteiger partial charge >= 0.3 is 0 Å². The van der Waals surface area contributed by atoms with E-state index in [0.717, 1.165) is 11.5 Å². The fourth-order valence-electron chi connectivity index (χ4n) is 1.37. The van der Waals surface area contributed by atoms with Crippen LogP contribution < -0.4 is 16.0 Å². The molecule has 0 saturated heterocycles. The molecule has 1 heterocycles. The number of nitrogens with one attached hydrogen (secondary N) is 2. The van der Waals surface area contributed by atoms with Crippen molar-refractivity contribution in [3.05, 3.63) is 18.5 Å². The standard InChI is InChI=1S/C10H18N4O2S2/c1-3-17-7-8(2)14-18(15,16)10-6-12-5-4-9(10)13-11/h4-6,8,14H,3,7,11H2,1-2H3,(H,12,13). The summed E-state index contributed by atoms with van der Waals surface area (Å²) in [4.78, 5) is 3.87. The topological polar surface area (TPSA) is 97.1 Å². The van der Waals surface area contributed by atoms with Crippen molar-refractivity contribution in [2.75, 3.05) is 16.9 Å². The zero-order valence-electron chi connectivity index (χ0n) is 10.4. The third kappa shape index (κ3) is 4.13. The summed E-state index contributed by atoms with van der Waals surface area (Å²) in [5.74, 6) is 6.96. The molecule has 1 unspecified atom stereocenters. The zero-order valence-corrected chi connectivity index (χ0v) is 12.0. The van der Waals surface area contributed by atoms with Gasteiger partial charge in [0.05, 0.1) is 5.69 Å². The van der Waals surface area contributed by atoms with Crippen LogP contribution in [0.2, 0.25) is 0 Å². The minimum absolute atomic E-state index is 0.0563. The van der Waals surface area contributed by atoms with Crippen molar-refractivity contribution < 1.29 is 8.42 Å². The maximum Gasteiger partial charge on any atom is 0.244 e. The monoisotopic (exact) mass is 290 g/mol. The van der Waals surface area contributed by atoms with Gasteiger partial charge in [0.25, 0.3) is 0 Å². The Kier molecular flexibility index (Phi) is 5.86. The molecule has 0 saturated carbocycles. The third-order valence-electron chi connectivity index (χ3n) is 2.16. The molecule has 1 rings (SSSR count). The maximum absolute atomic E-state index is 12.1. The van der Waals surface area contributed by atoms with Gasteiger partial charge in [-0.05, 0) is 18.7 Å². The highest BCUT2D eigenvalue weighted by atomic mass is 32.2. The second-order valence-corrected chi connectivity index (χ2v) is 6.70. The number of hydrazine groups is 1. The first-order chi connectivity index (χ1) is 8.51. The van der Waals surface area contributed by atoms with Gasteiger partial charge in [0.2, 0.25) is 10.0 Å². The fourth-order valence-corrected chi connectivity index (χ4v) is 3.50. The molecule has 18 heavy (non-hydrogen) atoms. The van der Waals surface area contributed by atoms with Crippen LogP contribution in [0.3, 0.4) is 0 Å². The zero-order chi connectivity index (χ0) is 13.6. The summed E-state index contributed by atoms with van der Waals surface area (Å²) in [6, 6.07) is 1.37. The van der Waals surface area contributed by atoms with Crippen LogP contribution in [0, 0.1) is 0 Å². The molecule has 0 fully saturated rings. The lowest BCUT2D eigenvalue weighted by atomic mass is 10.4. The van der Waals surface area contributed by atoms with E-state index in [1.165, 1.54) is 18.5 Å². The minimum atomic E-state index is -3.60. The summed E-state index contributed by atoms with van der Waals surface area (Å²) >= 11 is 1.68. The summed E-state index contributed by atoms with van der Waals surface area (Å²) < 4.78 is 26.9. The van der Waals surface area contributed by atoms with E-state index in [2.05, 4.69) is 15.1 Å². The van der Waals surface area contributed by atoms with Crippen LogP contribution >= 0.6 is 11.8 Å². The molecule has 0 bridgehead atoms. The van der Waals surface area contributed by atoms with Crippen LogP contribution in [0.15, 0.2) is 23.4 Å². The van der Waals surface area contributed by atoms with Crippen molar-refractivity contribution in [2.45, 2.75) is 24.8 Å². The van der Waals surface area contributed by atoms with Gasteiger partial charge in [-0.15, -0.1) is 0 Å². The van der Waals surface area contributed by atoms with Crippen molar-refractivity contribution in [3.63, 3.8) is 0 Å². The van der Waals surface area contributed by atoms with Crippen LogP contribution in [-0.2, 0) is 10.0 Å². The van der Waals surface area contributed by atoms with Gasteiger partial charge in [0.1, 0.15) is 4.90 Å². The van der Waals surface area contributed by atoms with E-state index in [4.69, 9.17) is 5.84 Å². The molecule has 1 atom stereocenters.